The normalized spacial score (nSPS) is 11.1. The van der Waals surface area contributed by atoms with Gasteiger partial charge in [0, 0.05) is 41.3 Å². The summed E-state index contributed by atoms with van der Waals surface area (Å²) in [5, 5.41) is 4.79. The number of hydrogen-bond acceptors (Lipinski definition) is 3. The number of nitrogens with zero attached hydrogens (tertiary/aromatic N) is 3. The quantitative estimate of drug-likeness (QED) is 0.334. The van der Waals surface area contributed by atoms with Gasteiger partial charge in [-0.2, -0.15) is 0 Å². The number of hydrogen-bond donors (Lipinski definition) is 1. The van der Waals surface area contributed by atoms with E-state index in [-0.39, 0.29) is 12.5 Å². The van der Waals surface area contributed by atoms with Crippen molar-refractivity contribution < 1.29 is 4.79 Å². The van der Waals surface area contributed by atoms with Gasteiger partial charge in [-0.1, -0.05) is 58.5 Å². The number of aromatic nitrogens is 3. The van der Waals surface area contributed by atoms with Gasteiger partial charge in [-0.25, -0.2) is 4.98 Å². The van der Waals surface area contributed by atoms with Gasteiger partial charge in [0.1, 0.15) is 12.4 Å². The molecule has 0 bridgehead atoms. The predicted molar refractivity (Wildman–Crippen MR) is 130 cm³/mol. The molecule has 0 aliphatic heterocycles. The summed E-state index contributed by atoms with van der Waals surface area (Å²) >= 11 is 25.2. The standard InChI is InChI=1S/C23H18Cl4N4O/c24-16-5-3-6-17(25)15(16)10-22-30-20-11-18(26)19(27)12-21(20)31(22)13-23(32)29-9-7-14-4-1-2-8-28-14/h1-6,8,11-12H,7,9-10,13H2,(H,29,32). The molecule has 0 saturated carbocycles. The molecule has 4 aromatic rings. The fraction of sp³-hybridized carbons (Fsp3) is 0.174. The first-order chi connectivity index (χ1) is 15.4. The third-order valence-corrected chi connectivity index (χ3v) is 6.43. The van der Waals surface area contributed by atoms with Crippen LogP contribution >= 0.6 is 46.4 Å². The summed E-state index contributed by atoms with van der Waals surface area (Å²) in [5.74, 6) is 0.478. The van der Waals surface area contributed by atoms with E-state index in [4.69, 9.17) is 46.4 Å². The molecule has 1 N–H and O–H groups in total. The molecule has 0 spiro atoms. The molecule has 5 nitrogen and oxygen atoms in total. The highest BCUT2D eigenvalue weighted by molar-refractivity contribution is 6.42. The zero-order valence-electron chi connectivity index (χ0n) is 16.8. The molecule has 32 heavy (non-hydrogen) atoms. The van der Waals surface area contributed by atoms with Crippen molar-refractivity contribution in [1.82, 2.24) is 19.9 Å². The topological polar surface area (TPSA) is 59.8 Å². The van der Waals surface area contributed by atoms with Crippen molar-refractivity contribution >= 4 is 63.3 Å². The van der Waals surface area contributed by atoms with Crippen molar-refractivity contribution in [1.29, 1.82) is 0 Å². The van der Waals surface area contributed by atoms with Crippen LogP contribution in [-0.4, -0.2) is 27.0 Å². The Morgan fingerprint density at radius 1 is 0.938 bits per heavy atom. The molecule has 0 fully saturated rings. The minimum Gasteiger partial charge on any atom is -0.354 e. The van der Waals surface area contributed by atoms with Crippen LogP contribution in [0.4, 0.5) is 0 Å². The molecule has 9 heteroatoms. The minimum atomic E-state index is -0.155. The maximum atomic E-state index is 12.7. The number of carbonyl (C=O) groups excluding carboxylic acids is 1. The Bertz CT molecular complexity index is 1250. The molecule has 4 rings (SSSR count). The highest BCUT2D eigenvalue weighted by Crippen LogP contribution is 2.31. The average Bonchev–Trinajstić information content (AvgIpc) is 3.08. The van der Waals surface area contributed by atoms with Crippen molar-refractivity contribution in [3.8, 4) is 0 Å². The number of amides is 1. The Morgan fingerprint density at radius 2 is 1.69 bits per heavy atom. The Morgan fingerprint density at radius 3 is 2.41 bits per heavy atom. The van der Waals surface area contributed by atoms with Crippen LogP contribution in [0, 0.1) is 0 Å². The number of carbonyl (C=O) groups is 1. The lowest BCUT2D eigenvalue weighted by molar-refractivity contribution is -0.121. The summed E-state index contributed by atoms with van der Waals surface area (Å²) in [5.41, 5.74) is 2.99. The number of pyridine rings is 1. The van der Waals surface area contributed by atoms with Crippen LogP contribution in [0.3, 0.4) is 0 Å². The van der Waals surface area contributed by atoms with E-state index in [9.17, 15) is 4.79 Å². The first-order valence-electron chi connectivity index (χ1n) is 9.86. The van der Waals surface area contributed by atoms with E-state index in [1.165, 1.54) is 0 Å². The van der Waals surface area contributed by atoms with Gasteiger partial charge in [-0.3, -0.25) is 9.78 Å². The first-order valence-corrected chi connectivity index (χ1v) is 11.4. The summed E-state index contributed by atoms with van der Waals surface area (Å²) in [6.07, 6.45) is 2.72. The first kappa shape index (κ1) is 22.9. The van der Waals surface area contributed by atoms with E-state index < -0.39 is 0 Å². The third kappa shape index (κ3) is 5.18. The molecule has 0 aliphatic carbocycles. The summed E-state index contributed by atoms with van der Waals surface area (Å²) < 4.78 is 1.81. The zero-order chi connectivity index (χ0) is 22.7. The van der Waals surface area contributed by atoms with Crippen molar-refractivity contribution in [2.24, 2.45) is 0 Å². The van der Waals surface area contributed by atoms with Gasteiger partial charge < -0.3 is 9.88 Å². The van der Waals surface area contributed by atoms with Crippen LogP contribution in [-0.2, 0) is 24.2 Å². The number of rotatable bonds is 7. The van der Waals surface area contributed by atoms with Gasteiger partial charge >= 0.3 is 0 Å². The number of halogens is 4. The third-order valence-electron chi connectivity index (χ3n) is 5.00. The van der Waals surface area contributed by atoms with E-state index in [2.05, 4.69) is 15.3 Å². The molecule has 0 atom stereocenters. The van der Waals surface area contributed by atoms with Crippen molar-refractivity contribution in [3.05, 3.63) is 91.9 Å². The Kier molecular flexibility index (Phi) is 7.21. The smallest absolute Gasteiger partial charge is 0.240 e. The van der Waals surface area contributed by atoms with Crippen LogP contribution in [0.5, 0.6) is 0 Å². The molecular formula is C23H18Cl4N4O. The average molecular weight is 508 g/mol. The zero-order valence-corrected chi connectivity index (χ0v) is 19.8. The maximum absolute atomic E-state index is 12.7. The number of nitrogens with one attached hydrogen (secondary N) is 1. The van der Waals surface area contributed by atoms with Gasteiger partial charge in [0.15, 0.2) is 0 Å². The molecule has 1 amide bonds. The Hall–Kier alpha value is -2.31. The van der Waals surface area contributed by atoms with E-state index >= 15 is 0 Å². The van der Waals surface area contributed by atoms with E-state index in [1.807, 2.05) is 22.8 Å². The fourth-order valence-electron chi connectivity index (χ4n) is 3.42. The largest absolute Gasteiger partial charge is 0.354 e. The highest BCUT2D eigenvalue weighted by atomic mass is 35.5. The van der Waals surface area contributed by atoms with Gasteiger partial charge in [0.2, 0.25) is 5.91 Å². The molecule has 0 unspecified atom stereocenters. The fourth-order valence-corrected chi connectivity index (χ4v) is 4.26. The maximum Gasteiger partial charge on any atom is 0.240 e. The second kappa shape index (κ2) is 10.1. The molecule has 2 aromatic carbocycles. The lowest BCUT2D eigenvalue weighted by Crippen LogP contribution is -2.30. The van der Waals surface area contributed by atoms with Crippen LogP contribution < -0.4 is 5.32 Å². The Balaban J connectivity index is 1.60. The minimum absolute atomic E-state index is 0.0636. The van der Waals surface area contributed by atoms with Crippen molar-refractivity contribution in [2.75, 3.05) is 6.54 Å². The molecule has 2 aromatic heterocycles. The van der Waals surface area contributed by atoms with E-state index in [0.717, 1.165) is 11.3 Å². The second-order valence-corrected chi connectivity index (χ2v) is 8.80. The molecular weight excluding hydrogens is 490 g/mol. The lowest BCUT2D eigenvalue weighted by Gasteiger charge is -2.12. The monoisotopic (exact) mass is 506 g/mol. The van der Waals surface area contributed by atoms with Crippen molar-refractivity contribution in [3.63, 3.8) is 0 Å². The van der Waals surface area contributed by atoms with Gasteiger partial charge in [0.25, 0.3) is 0 Å². The van der Waals surface area contributed by atoms with Crippen LogP contribution in [0.25, 0.3) is 11.0 Å². The second-order valence-electron chi connectivity index (χ2n) is 7.17. The predicted octanol–water partition coefficient (Wildman–Crippen LogP) is 5.99. The number of benzene rings is 2. The van der Waals surface area contributed by atoms with Crippen molar-refractivity contribution in [2.45, 2.75) is 19.4 Å². The lowest BCUT2D eigenvalue weighted by atomic mass is 10.1. The van der Waals surface area contributed by atoms with Gasteiger partial charge in [-0.15, -0.1) is 0 Å². The molecule has 0 aliphatic rings. The SMILES string of the molecule is O=C(Cn1c(Cc2c(Cl)cccc2Cl)nc2cc(Cl)c(Cl)cc21)NCCc1ccccn1. The van der Waals surface area contributed by atoms with Gasteiger partial charge in [0.05, 0.1) is 21.1 Å². The van der Waals surface area contributed by atoms with E-state index in [1.54, 1.807) is 36.5 Å². The van der Waals surface area contributed by atoms with Crippen LogP contribution in [0.15, 0.2) is 54.7 Å². The molecule has 2 heterocycles. The van der Waals surface area contributed by atoms with Crippen LogP contribution in [0.1, 0.15) is 17.1 Å². The van der Waals surface area contributed by atoms with Crippen LogP contribution in [0.2, 0.25) is 20.1 Å². The summed E-state index contributed by atoms with van der Waals surface area (Å²) in [7, 11) is 0. The Labute approximate surface area is 205 Å². The highest BCUT2D eigenvalue weighted by Gasteiger charge is 2.18. The van der Waals surface area contributed by atoms with Gasteiger partial charge in [-0.05, 0) is 42.0 Å². The summed E-state index contributed by atoms with van der Waals surface area (Å²) in [4.78, 5) is 21.7. The summed E-state index contributed by atoms with van der Waals surface area (Å²) in [6.45, 7) is 0.537. The summed E-state index contributed by atoms with van der Waals surface area (Å²) in [6, 6.07) is 14.4. The molecule has 0 saturated heterocycles. The number of imidazole rings is 1. The van der Waals surface area contributed by atoms with E-state index in [0.29, 0.717) is 56.3 Å². The molecule has 164 valence electrons. The molecule has 0 radical (unpaired) electrons. The number of fused-ring (bicyclic) bond motifs is 1.